The molecule has 0 fully saturated rings. The maximum absolute atomic E-state index is 11.4. The molecule has 0 saturated heterocycles. The predicted octanol–water partition coefficient (Wildman–Crippen LogP) is 8.06. The predicted molar refractivity (Wildman–Crippen MR) is 140 cm³/mol. The summed E-state index contributed by atoms with van der Waals surface area (Å²) in [6.45, 7) is 12.8. The molecule has 185 valence electrons. The van der Waals surface area contributed by atoms with Gasteiger partial charge in [0.05, 0.1) is 12.2 Å². The summed E-state index contributed by atoms with van der Waals surface area (Å²) in [5, 5.41) is 0. The van der Waals surface area contributed by atoms with Crippen LogP contribution in [0.4, 0.5) is 0 Å². The van der Waals surface area contributed by atoms with E-state index in [0.717, 1.165) is 44.9 Å². The molecule has 0 aliphatic rings. The van der Waals surface area contributed by atoms with Gasteiger partial charge >= 0.3 is 11.9 Å². The summed E-state index contributed by atoms with van der Waals surface area (Å²) < 4.78 is 9.99. The summed E-state index contributed by atoms with van der Waals surface area (Å²) in [6.07, 6.45) is 19.7. The average molecular weight is 458 g/mol. The van der Waals surface area contributed by atoms with Crippen molar-refractivity contribution in [3.8, 4) is 0 Å². The summed E-state index contributed by atoms with van der Waals surface area (Å²) >= 11 is 0. The first-order valence-electron chi connectivity index (χ1n) is 12.2. The number of hydrogen-bond donors (Lipinski definition) is 0. The smallest absolute Gasteiger partial charge is 0.338 e. The van der Waals surface area contributed by atoms with Crippen molar-refractivity contribution in [3.05, 3.63) is 79.3 Å². The molecule has 0 heterocycles. The second-order valence-corrected chi connectivity index (χ2v) is 7.03. The Kier molecular flexibility index (Phi) is 27.0. The number of rotatable bonds is 13. The standard InChI is InChI=1S/C13H16O2.C10H18O2.C6H11/c1-2-3-4-8-11-15-13(14)12-9-6-5-7-10-12;1-3-5-6-7-9-12-10(11)8-4-2;1-3-5-6-4-2/h3-7,9-10H,2,8,11H2,1H3;6-7H,3-5,8-9H2,1-2H3;5-6H,1,3-4H2,2H3/b;7-6+;. The van der Waals surface area contributed by atoms with Crippen LogP contribution in [0.2, 0.25) is 0 Å². The SMILES string of the molecule is CCC/C=C/COC(=O)CCC.CCC=CCCOC(=O)c1ccccc1.[CH2]CC=CCC. The van der Waals surface area contributed by atoms with Gasteiger partial charge in [0, 0.05) is 6.42 Å². The molecule has 0 aromatic heterocycles. The van der Waals surface area contributed by atoms with Gasteiger partial charge in [0.2, 0.25) is 0 Å². The molecule has 0 saturated carbocycles. The van der Waals surface area contributed by atoms with Gasteiger partial charge < -0.3 is 9.47 Å². The zero-order valence-corrected chi connectivity index (χ0v) is 21.3. The molecule has 4 heteroatoms. The van der Waals surface area contributed by atoms with Gasteiger partial charge in [0.1, 0.15) is 6.61 Å². The van der Waals surface area contributed by atoms with Crippen molar-refractivity contribution in [1.82, 2.24) is 0 Å². The first kappa shape index (κ1) is 32.6. The third kappa shape index (κ3) is 25.5. The van der Waals surface area contributed by atoms with Gasteiger partial charge in [-0.05, 0) is 57.6 Å². The number of esters is 2. The number of carbonyl (C=O) groups excluding carboxylic acids is 2. The Bertz CT molecular complexity index is 639. The van der Waals surface area contributed by atoms with E-state index in [2.05, 4.69) is 45.9 Å². The normalized spacial score (nSPS) is 10.5. The van der Waals surface area contributed by atoms with Gasteiger partial charge in [-0.3, -0.25) is 4.79 Å². The van der Waals surface area contributed by atoms with Crippen molar-refractivity contribution in [2.45, 2.75) is 79.1 Å². The molecular formula is C29H45O4. The Hall–Kier alpha value is -2.62. The van der Waals surface area contributed by atoms with E-state index in [-0.39, 0.29) is 11.9 Å². The van der Waals surface area contributed by atoms with Gasteiger partial charge in [-0.15, -0.1) is 0 Å². The van der Waals surface area contributed by atoms with Crippen molar-refractivity contribution in [1.29, 1.82) is 0 Å². The van der Waals surface area contributed by atoms with Crippen molar-refractivity contribution in [3.63, 3.8) is 0 Å². The molecule has 1 aromatic rings. The van der Waals surface area contributed by atoms with Crippen LogP contribution in [0.25, 0.3) is 0 Å². The number of carbonyl (C=O) groups is 2. The Morgan fingerprint density at radius 1 is 0.788 bits per heavy atom. The van der Waals surface area contributed by atoms with Crippen molar-refractivity contribution in [2.24, 2.45) is 0 Å². The van der Waals surface area contributed by atoms with Crippen LogP contribution in [0.15, 0.2) is 66.8 Å². The number of ether oxygens (including phenoxy) is 2. The monoisotopic (exact) mass is 457 g/mol. The first-order chi connectivity index (χ1) is 16.1. The topological polar surface area (TPSA) is 52.6 Å². The van der Waals surface area contributed by atoms with E-state index in [4.69, 9.17) is 9.47 Å². The molecule has 0 bridgehead atoms. The van der Waals surface area contributed by atoms with E-state index in [1.54, 1.807) is 12.1 Å². The lowest BCUT2D eigenvalue weighted by Crippen LogP contribution is -2.05. The van der Waals surface area contributed by atoms with Crippen LogP contribution in [-0.4, -0.2) is 25.2 Å². The fourth-order valence-electron chi connectivity index (χ4n) is 2.22. The molecule has 0 aliphatic heterocycles. The lowest BCUT2D eigenvalue weighted by atomic mass is 10.2. The third-order valence-electron chi connectivity index (χ3n) is 3.92. The molecular weight excluding hydrogens is 412 g/mol. The highest BCUT2D eigenvalue weighted by Crippen LogP contribution is 2.01. The molecule has 1 aromatic carbocycles. The van der Waals surface area contributed by atoms with Crippen LogP contribution in [0.1, 0.15) is 89.4 Å². The lowest BCUT2D eigenvalue weighted by Gasteiger charge is -2.02. The number of hydrogen-bond acceptors (Lipinski definition) is 4. The van der Waals surface area contributed by atoms with Crippen LogP contribution in [0.3, 0.4) is 0 Å². The molecule has 0 N–H and O–H groups in total. The van der Waals surface area contributed by atoms with E-state index in [1.165, 1.54) is 0 Å². The molecule has 33 heavy (non-hydrogen) atoms. The van der Waals surface area contributed by atoms with E-state index in [0.29, 0.717) is 25.2 Å². The number of unbranched alkanes of at least 4 members (excludes halogenated alkanes) is 1. The van der Waals surface area contributed by atoms with Crippen molar-refractivity contribution < 1.29 is 19.1 Å². The van der Waals surface area contributed by atoms with Gasteiger partial charge in [0.25, 0.3) is 0 Å². The second-order valence-electron chi connectivity index (χ2n) is 7.03. The van der Waals surface area contributed by atoms with E-state index >= 15 is 0 Å². The molecule has 4 nitrogen and oxygen atoms in total. The van der Waals surface area contributed by atoms with Gasteiger partial charge in [-0.1, -0.05) is 88.8 Å². The minimum Gasteiger partial charge on any atom is -0.462 e. The van der Waals surface area contributed by atoms with Gasteiger partial charge in [-0.2, -0.15) is 0 Å². The largest absolute Gasteiger partial charge is 0.462 e. The summed E-state index contributed by atoms with van der Waals surface area (Å²) in [5.41, 5.74) is 0.608. The highest BCUT2D eigenvalue weighted by molar-refractivity contribution is 5.89. The minimum atomic E-state index is -0.250. The Morgan fingerprint density at radius 3 is 1.97 bits per heavy atom. The fraction of sp³-hybridized carbons (Fsp3) is 0.483. The summed E-state index contributed by atoms with van der Waals surface area (Å²) in [7, 11) is 0. The Labute approximate surface area is 202 Å². The summed E-state index contributed by atoms with van der Waals surface area (Å²) in [6, 6.07) is 9.04. The van der Waals surface area contributed by atoms with E-state index in [1.807, 2.05) is 43.4 Å². The van der Waals surface area contributed by atoms with E-state index in [9.17, 15) is 9.59 Å². The first-order valence-corrected chi connectivity index (χ1v) is 12.2. The molecule has 0 unspecified atom stereocenters. The number of allylic oxidation sites excluding steroid dienone is 4. The molecule has 0 spiro atoms. The zero-order valence-electron chi connectivity index (χ0n) is 21.3. The molecule has 0 amide bonds. The van der Waals surface area contributed by atoms with Crippen LogP contribution in [0.5, 0.6) is 0 Å². The summed E-state index contributed by atoms with van der Waals surface area (Å²) in [5.74, 6) is -0.348. The van der Waals surface area contributed by atoms with Crippen LogP contribution in [0, 0.1) is 6.92 Å². The second kappa shape index (κ2) is 27.4. The van der Waals surface area contributed by atoms with Crippen molar-refractivity contribution >= 4 is 11.9 Å². The molecule has 1 radical (unpaired) electrons. The van der Waals surface area contributed by atoms with Crippen LogP contribution < -0.4 is 0 Å². The fourth-order valence-corrected chi connectivity index (χ4v) is 2.22. The minimum absolute atomic E-state index is 0.0985. The summed E-state index contributed by atoms with van der Waals surface area (Å²) in [4.78, 5) is 22.3. The van der Waals surface area contributed by atoms with Gasteiger partial charge in [-0.25, -0.2) is 4.79 Å². The maximum atomic E-state index is 11.4. The van der Waals surface area contributed by atoms with Gasteiger partial charge in [0.15, 0.2) is 0 Å². The van der Waals surface area contributed by atoms with Crippen LogP contribution in [-0.2, 0) is 14.3 Å². The average Bonchev–Trinajstić information content (AvgIpc) is 2.84. The third-order valence-corrected chi connectivity index (χ3v) is 3.92. The molecule has 1 rings (SSSR count). The lowest BCUT2D eigenvalue weighted by molar-refractivity contribution is -0.142. The maximum Gasteiger partial charge on any atom is 0.338 e. The highest BCUT2D eigenvalue weighted by Gasteiger charge is 2.03. The zero-order chi connectivity index (χ0) is 25.0. The van der Waals surface area contributed by atoms with Crippen LogP contribution >= 0.6 is 0 Å². The molecule has 0 aliphatic carbocycles. The van der Waals surface area contributed by atoms with E-state index < -0.39 is 0 Å². The molecule has 0 atom stereocenters. The quantitative estimate of drug-likeness (QED) is 0.171. The Morgan fingerprint density at radius 2 is 1.42 bits per heavy atom. The van der Waals surface area contributed by atoms with Crippen molar-refractivity contribution in [2.75, 3.05) is 13.2 Å². The Balaban J connectivity index is 0. The number of benzene rings is 1. The highest BCUT2D eigenvalue weighted by atomic mass is 16.5.